The van der Waals surface area contributed by atoms with Gasteiger partial charge >= 0.3 is 11.8 Å². The molecule has 0 radical (unpaired) electrons. The Morgan fingerprint density at radius 1 is 0.750 bits per heavy atom. The molecule has 0 saturated carbocycles. The molecule has 0 aromatic heterocycles. The van der Waals surface area contributed by atoms with Crippen LogP contribution in [0.25, 0.3) is 0 Å². The fraction of sp³-hybridized carbons (Fsp3) is 0.273. The minimum absolute atomic E-state index is 0.504. The third-order valence-electron chi connectivity index (χ3n) is 3.94. The van der Waals surface area contributed by atoms with Gasteiger partial charge in [0, 0.05) is 0 Å². The summed E-state index contributed by atoms with van der Waals surface area (Å²) in [4.78, 5) is 23.7. The fourth-order valence-electron chi connectivity index (χ4n) is 2.51. The van der Waals surface area contributed by atoms with E-state index in [4.69, 9.17) is 18.9 Å². The molecule has 0 aliphatic carbocycles. The van der Waals surface area contributed by atoms with Crippen molar-refractivity contribution in [1.82, 2.24) is 10.9 Å². The SMILES string of the molecule is CCOc1ccc(C=NNC(=O)C(=O)NN=Cc2ccc(OCC)c(OC)c2)cc1OC. The molecule has 0 spiro atoms. The van der Waals surface area contributed by atoms with Crippen molar-refractivity contribution in [2.24, 2.45) is 10.2 Å². The van der Waals surface area contributed by atoms with E-state index in [1.807, 2.05) is 13.8 Å². The number of amides is 2. The van der Waals surface area contributed by atoms with Gasteiger partial charge in [0.2, 0.25) is 0 Å². The van der Waals surface area contributed by atoms with Gasteiger partial charge in [0.05, 0.1) is 39.9 Å². The van der Waals surface area contributed by atoms with Gasteiger partial charge in [-0.2, -0.15) is 10.2 Å². The molecule has 2 rings (SSSR count). The quantitative estimate of drug-likeness (QED) is 0.330. The van der Waals surface area contributed by atoms with Crippen LogP contribution in [0.4, 0.5) is 0 Å². The Kier molecular flexibility index (Phi) is 9.51. The predicted octanol–water partition coefficient (Wildman–Crippen LogP) is 2.10. The van der Waals surface area contributed by atoms with Crippen LogP contribution >= 0.6 is 0 Å². The van der Waals surface area contributed by atoms with E-state index in [1.165, 1.54) is 26.6 Å². The van der Waals surface area contributed by atoms with Crippen LogP contribution in [0.15, 0.2) is 46.6 Å². The maximum Gasteiger partial charge on any atom is 0.331 e. The van der Waals surface area contributed by atoms with Crippen LogP contribution in [0.3, 0.4) is 0 Å². The molecule has 0 bridgehead atoms. The number of hydrazone groups is 2. The molecule has 10 heteroatoms. The molecule has 0 saturated heterocycles. The third kappa shape index (κ3) is 7.01. The highest BCUT2D eigenvalue weighted by Crippen LogP contribution is 2.28. The zero-order valence-electron chi connectivity index (χ0n) is 18.4. The summed E-state index contributed by atoms with van der Waals surface area (Å²) in [6, 6.07) is 10.3. The second-order valence-corrected chi connectivity index (χ2v) is 6.08. The van der Waals surface area contributed by atoms with Crippen LogP contribution in [0.5, 0.6) is 23.0 Å². The Hall–Kier alpha value is -4.08. The summed E-state index contributed by atoms with van der Waals surface area (Å²) >= 11 is 0. The normalized spacial score (nSPS) is 10.8. The van der Waals surface area contributed by atoms with E-state index < -0.39 is 11.8 Å². The maximum absolute atomic E-state index is 11.9. The molecule has 0 unspecified atom stereocenters. The monoisotopic (exact) mass is 442 g/mol. The number of hydrogen-bond acceptors (Lipinski definition) is 8. The van der Waals surface area contributed by atoms with E-state index in [9.17, 15) is 9.59 Å². The lowest BCUT2D eigenvalue weighted by Crippen LogP contribution is -2.35. The van der Waals surface area contributed by atoms with Crippen molar-refractivity contribution in [1.29, 1.82) is 0 Å². The molecule has 0 aliphatic heterocycles. The van der Waals surface area contributed by atoms with E-state index in [2.05, 4.69) is 21.1 Å². The molecular weight excluding hydrogens is 416 g/mol. The molecular formula is C22H26N4O6. The van der Waals surface area contributed by atoms with Crippen molar-refractivity contribution in [3.63, 3.8) is 0 Å². The Balaban J connectivity index is 1.90. The average molecular weight is 442 g/mol. The van der Waals surface area contributed by atoms with E-state index in [1.54, 1.807) is 36.4 Å². The number of ether oxygens (including phenoxy) is 4. The smallest absolute Gasteiger partial charge is 0.331 e. The lowest BCUT2D eigenvalue weighted by Gasteiger charge is -2.09. The van der Waals surface area contributed by atoms with Gasteiger partial charge in [-0.15, -0.1) is 0 Å². The average Bonchev–Trinajstić information content (AvgIpc) is 2.80. The van der Waals surface area contributed by atoms with Crippen molar-refractivity contribution < 1.29 is 28.5 Å². The molecule has 0 aliphatic rings. The Bertz CT molecular complexity index is 911. The first-order valence-corrected chi connectivity index (χ1v) is 9.80. The molecule has 170 valence electrons. The number of carbonyl (C=O) groups excluding carboxylic acids is 2. The zero-order chi connectivity index (χ0) is 23.3. The standard InChI is InChI=1S/C22H26N4O6/c1-5-31-17-9-7-15(11-19(17)29-3)13-23-25-21(27)22(28)26-24-14-16-8-10-18(32-6-2)20(12-16)30-4/h7-14H,5-6H2,1-4H3,(H,25,27)(H,26,28). The summed E-state index contributed by atoms with van der Waals surface area (Å²) in [5.74, 6) is 0.304. The number of benzene rings is 2. The predicted molar refractivity (Wildman–Crippen MR) is 120 cm³/mol. The molecule has 0 heterocycles. The summed E-state index contributed by atoms with van der Waals surface area (Å²) in [6.45, 7) is 4.75. The van der Waals surface area contributed by atoms with E-state index in [-0.39, 0.29) is 0 Å². The minimum Gasteiger partial charge on any atom is -0.493 e. The topological polar surface area (TPSA) is 120 Å². The first-order chi connectivity index (χ1) is 15.5. The first-order valence-electron chi connectivity index (χ1n) is 9.80. The molecule has 2 amide bonds. The van der Waals surface area contributed by atoms with E-state index in [0.717, 1.165) is 0 Å². The summed E-state index contributed by atoms with van der Waals surface area (Å²) in [5.41, 5.74) is 5.56. The lowest BCUT2D eigenvalue weighted by atomic mass is 10.2. The van der Waals surface area contributed by atoms with Crippen LogP contribution in [0.1, 0.15) is 25.0 Å². The number of rotatable bonds is 10. The van der Waals surface area contributed by atoms with Gasteiger partial charge in [-0.3, -0.25) is 9.59 Å². The third-order valence-corrected chi connectivity index (χ3v) is 3.94. The molecule has 10 nitrogen and oxygen atoms in total. The van der Waals surface area contributed by atoms with Gasteiger partial charge in [-0.05, 0) is 61.4 Å². The van der Waals surface area contributed by atoms with Crippen LogP contribution < -0.4 is 29.8 Å². The summed E-state index contributed by atoms with van der Waals surface area (Å²) in [5, 5.41) is 7.53. The molecule has 2 aromatic rings. The van der Waals surface area contributed by atoms with Crippen LogP contribution in [-0.2, 0) is 9.59 Å². The highest BCUT2D eigenvalue weighted by molar-refractivity contribution is 6.35. The lowest BCUT2D eigenvalue weighted by molar-refractivity contribution is -0.139. The van der Waals surface area contributed by atoms with Crippen LogP contribution in [0, 0.1) is 0 Å². The van der Waals surface area contributed by atoms with Crippen molar-refractivity contribution in [3.8, 4) is 23.0 Å². The molecule has 2 aromatic carbocycles. The highest BCUT2D eigenvalue weighted by Gasteiger charge is 2.11. The van der Waals surface area contributed by atoms with E-state index >= 15 is 0 Å². The first kappa shape index (κ1) is 24.2. The van der Waals surface area contributed by atoms with Gasteiger partial charge in [0.25, 0.3) is 0 Å². The van der Waals surface area contributed by atoms with Crippen molar-refractivity contribution in [2.45, 2.75) is 13.8 Å². The van der Waals surface area contributed by atoms with Crippen LogP contribution in [0.2, 0.25) is 0 Å². The summed E-state index contributed by atoms with van der Waals surface area (Å²) in [7, 11) is 3.05. The van der Waals surface area contributed by atoms with Crippen molar-refractivity contribution in [2.75, 3.05) is 27.4 Å². The van der Waals surface area contributed by atoms with Gasteiger partial charge < -0.3 is 18.9 Å². The summed E-state index contributed by atoms with van der Waals surface area (Å²) < 4.78 is 21.4. The Morgan fingerprint density at radius 2 is 1.16 bits per heavy atom. The maximum atomic E-state index is 11.9. The van der Waals surface area contributed by atoms with Gasteiger partial charge in [-0.1, -0.05) is 0 Å². The molecule has 2 N–H and O–H groups in total. The van der Waals surface area contributed by atoms with Gasteiger partial charge in [0.1, 0.15) is 0 Å². The Labute approximate surface area is 186 Å². The van der Waals surface area contributed by atoms with E-state index in [0.29, 0.717) is 47.3 Å². The number of nitrogens with zero attached hydrogens (tertiary/aromatic N) is 2. The van der Waals surface area contributed by atoms with Crippen molar-refractivity contribution in [3.05, 3.63) is 47.5 Å². The van der Waals surface area contributed by atoms with Gasteiger partial charge in [0.15, 0.2) is 23.0 Å². The minimum atomic E-state index is -0.972. The van der Waals surface area contributed by atoms with Gasteiger partial charge in [-0.25, -0.2) is 10.9 Å². The zero-order valence-corrected chi connectivity index (χ0v) is 18.4. The second-order valence-electron chi connectivity index (χ2n) is 6.08. The highest BCUT2D eigenvalue weighted by atomic mass is 16.5. The molecule has 0 fully saturated rings. The fourth-order valence-corrected chi connectivity index (χ4v) is 2.51. The van der Waals surface area contributed by atoms with Crippen LogP contribution in [-0.4, -0.2) is 51.7 Å². The molecule has 32 heavy (non-hydrogen) atoms. The second kappa shape index (κ2) is 12.6. The van der Waals surface area contributed by atoms with Crippen molar-refractivity contribution >= 4 is 24.2 Å². The molecule has 0 atom stereocenters. The number of methoxy groups -OCH3 is 2. The summed E-state index contributed by atoms with van der Waals surface area (Å²) in [6.07, 6.45) is 2.75. The number of nitrogens with one attached hydrogen (secondary N) is 2. The number of carbonyl (C=O) groups is 2. The number of hydrogen-bond donors (Lipinski definition) is 2. The largest absolute Gasteiger partial charge is 0.493 e. The Morgan fingerprint density at radius 3 is 1.50 bits per heavy atom.